The second-order valence-corrected chi connectivity index (χ2v) is 7.86. The smallest absolute Gasteiger partial charge is 0.149 e. The lowest BCUT2D eigenvalue weighted by Crippen LogP contribution is -2.35. The monoisotopic (exact) mass is 309 g/mol. The molecule has 0 spiro atoms. The van der Waals surface area contributed by atoms with Crippen LogP contribution < -0.4 is 5.73 Å². The highest BCUT2D eigenvalue weighted by Crippen LogP contribution is 2.32. The first-order valence-corrected chi connectivity index (χ1v) is 9.82. The Hall–Kier alpha value is -0.370. The van der Waals surface area contributed by atoms with Gasteiger partial charge < -0.3 is 5.73 Å². The van der Waals surface area contributed by atoms with Crippen molar-refractivity contribution in [2.45, 2.75) is 104 Å². The Kier molecular flexibility index (Phi) is 10.0. The molecule has 0 bridgehead atoms. The summed E-state index contributed by atoms with van der Waals surface area (Å²) in [6.07, 6.45) is 15.5. The lowest BCUT2D eigenvalue weighted by atomic mass is 9.86. The molecule has 2 nitrogen and oxygen atoms in total. The highest BCUT2D eigenvalue weighted by Gasteiger charge is 2.21. The normalized spacial score (nSPS) is 18.8. The lowest BCUT2D eigenvalue weighted by Gasteiger charge is -2.20. The Bertz CT molecular complexity index is 294. The summed E-state index contributed by atoms with van der Waals surface area (Å²) in [7, 11) is 0. The Morgan fingerprint density at radius 2 is 1.77 bits per heavy atom. The van der Waals surface area contributed by atoms with E-state index in [0.29, 0.717) is 6.42 Å². The van der Waals surface area contributed by atoms with Crippen LogP contribution >= 0.6 is 0 Å². The maximum atomic E-state index is 12.2. The van der Waals surface area contributed by atoms with Crippen LogP contribution in [0, 0.1) is 17.8 Å². The van der Waals surface area contributed by atoms with Gasteiger partial charge in [-0.1, -0.05) is 85.0 Å². The fourth-order valence-electron chi connectivity index (χ4n) is 3.77. The third-order valence-corrected chi connectivity index (χ3v) is 5.56. The molecule has 1 fully saturated rings. The van der Waals surface area contributed by atoms with Gasteiger partial charge in [-0.25, -0.2) is 0 Å². The zero-order chi connectivity index (χ0) is 16.4. The molecular weight excluding hydrogens is 270 g/mol. The van der Waals surface area contributed by atoms with Gasteiger partial charge in [-0.15, -0.1) is 0 Å². The quantitative estimate of drug-likeness (QED) is 0.485. The van der Waals surface area contributed by atoms with Crippen molar-refractivity contribution < 1.29 is 4.79 Å². The van der Waals surface area contributed by atoms with Crippen LogP contribution in [0.4, 0.5) is 0 Å². The van der Waals surface area contributed by atoms with Crippen molar-refractivity contribution >= 4 is 5.78 Å². The van der Waals surface area contributed by atoms with Gasteiger partial charge in [-0.2, -0.15) is 0 Å². The molecule has 0 radical (unpaired) electrons. The van der Waals surface area contributed by atoms with Gasteiger partial charge in [0.1, 0.15) is 5.78 Å². The van der Waals surface area contributed by atoms with Gasteiger partial charge in [0.15, 0.2) is 0 Å². The highest BCUT2D eigenvalue weighted by atomic mass is 16.1. The van der Waals surface area contributed by atoms with Crippen molar-refractivity contribution in [1.82, 2.24) is 0 Å². The summed E-state index contributed by atoms with van der Waals surface area (Å²) in [5, 5.41) is 0. The molecule has 2 atom stereocenters. The first kappa shape index (κ1) is 19.7. The average molecular weight is 310 g/mol. The summed E-state index contributed by atoms with van der Waals surface area (Å²) in [5.41, 5.74) is 5.99. The number of hydrogen-bond acceptors (Lipinski definition) is 2. The summed E-state index contributed by atoms with van der Waals surface area (Å²) in [6, 6.07) is -0.258. The zero-order valence-corrected chi connectivity index (χ0v) is 15.3. The molecule has 1 rings (SSSR count). The Morgan fingerprint density at radius 1 is 1.09 bits per heavy atom. The minimum Gasteiger partial charge on any atom is -0.321 e. The van der Waals surface area contributed by atoms with Crippen molar-refractivity contribution in [3.8, 4) is 0 Å². The molecule has 130 valence electrons. The minimum absolute atomic E-state index is 0.258. The summed E-state index contributed by atoms with van der Waals surface area (Å²) in [6.45, 7) is 6.35. The average Bonchev–Trinajstić information content (AvgIpc) is 3.01. The van der Waals surface area contributed by atoms with Gasteiger partial charge in [-0.05, 0) is 24.2 Å². The van der Waals surface area contributed by atoms with E-state index in [1.165, 1.54) is 64.2 Å². The largest absolute Gasteiger partial charge is 0.321 e. The number of hydrogen-bond donors (Lipinski definition) is 1. The van der Waals surface area contributed by atoms with Gasteiger partial charge in [-0.3, -0.25) is 4.79 Å². The molecule has 0 aliphatic heterocycles. The number of ketones is 1. The maximum Gasteiger partial charge on any atom is 0.149 e. The molecule has 1 aliphatic rings. The minimum atomic E-state index is -0.258. The zero-order valence-electron chi connectivity index (χ0n) is 15.3. The van der Waals surface area contributed by atoms with E-state index < -0.39 is 0 Å². The third-order valence-electron chi connectivity index (χ3n) is 5.56. The van der Waals surface area contributed by atoms with E-state index in [0.717, 1.165) is 18.3 Å². The molecule has 2 heteroatoms. The van der Waals surface area contributed by atoms with Crippen LogP contribution in [0.5, 0.6) is 0 Å². The van der Waals surface area contributed by atoms with Gasteiger partial charge in [0, 0.05) is 6.42 Å². The lowest BCUT2D eigenvalue weighted by molar-refractivity contribution is -0.121. The summed E-state index contributed by atoms with van der Waals surface area (Å²) >= 11 is 0. The van der Waals surface area contributed by atoms with Gasteiger partial charge in [0.05, 0.1) is 6.04 Å². The molecule has 0 aromatic heterocycles. The molecule has 0 amide bonds. The molecule has 0 saturated heterocycles. The van der Waals surface area contributed by atoms with E-state index in [1.807, 2.05) is 13.8 Å². The summed E-state index contributed by atoms with van der Waals surface area (Å²) < 4.78 is 0. The predicted octanol–water partition coefficient (Wildman–Crippen LogP) is 5.49. The molecule has 1 saturated carbocycles. The van der Waals surface area contributed by atoms with Gasteiger partial charge in [0.25, 0.3) is 0 Å². The van der Waals surface area contributed by atoms with E-state index in [9.17, 15) is 4.79 Å². The highest BCUT2D eigenvalue weighted by molar-refractivity contribution is 5.83. The topological polar surface area (TPSA) is 43.1 Å². The van der Waals surface area contributed by atoms with E-state index in [1.54, 1.807) is 0 Å². The van der Waals surface area contributed by atoms with E-state index in [-0.39, 0.29) is 17.7 Å². The van der Waals surface area contributed by atoms with Crippen molar-refractivity contribution in [2.75, 3.05) is 0 Å². The maximum absolute atomic E-state index is 12.2. The Balaban J connectivity index is 2.33. The first-order valence-electron chi connectivity index (χ1n) is 9.82. The molecule has 1 unspecified atom stereocenters. The van der Waals surface area contributed by atoms with Crippen molar-refractivity contribution in [3.05, 3.63) is 0 Å². The second-order valence-electron chi connectivity index (χ2n) is 7.86. The number of unbranched alkanes of at least 4 members (excludes halogenated alkanes) is 2. The molecular formula is C20H39NO. The molecule has 0 aromatic carbocycles. The first-order chi connectivity index (χ1) is 10.5. The second kappa shape index (κ2) is 11.2. The van der Waals surface area contributed by atoms with E-state index in [4.69, 9.17) is 5.73 Å². The van der Waals surface area contributed by atoms with Crippen molar-refractivity contribution in [1.29, 1.82) is 0 Å². The Morgan fingerprint density at radius 3 is 2.36 bits per heavy atom. The van der Waals surface area contributed by atoms with Crippen LogP contribution in [-0.2, 0) is 4.79 Å². The Labute approximate surface area is 138 Å². The molecule has 2 N–H and O–H groups in total. The van der Waals surface area contributed by atoms with Crippen LogP contribution in [0.3, 0.4) is 0 Å². The fourth-order valence-corrected chi connectivity index (χ4v) is 3.77. The SMILES string of the molecule is CCCCCC(CCC(=O)[C@@H](N)C(C)C)CCC1CCCC1. The van der Waals surface area contributed by atoms with Crippen LogP contribution in [0.1, 0.15) is 97.8 Å². The summed E-state index contributed by atoms with van der Waals surface area (Å²) in [5.74, 6) is 2.26. The number of Topliss-reactive ketones (excluding diaryl/α,β-unsaturated/α-hetero) is 1. The number of rotatable bonds is 12. The number of nitrogens with two attached hydrogens (primary N) is 1. The van der Waals surface area contributed by atoms with Crippen LogP contribution in [0.15, 0.2) is 0 Å². The molecule has 0 heterocycles. The third kappa shape index (κ3) is 7.76. The molecule has 1 aliphatic carbocycles. The van der Waals surface area contributed by atoms with Crippen LogP contribution in [-0.4, -0.2) is 11.8 Å². The molecule has 0 aromatic rings. The van der Waals surface area contributed by atoms with Gasteiger partial charge in [0.2, 0.25) is 0 Å². The molecule has 22 heavy (non-hydrogen) atoms. The van der Waals surface area contributed by atoms with E-state index >= 15 is 0 Å². The van der Waals surface area contributed by atoms with Crippen LogP contribution in [0.25, 0.3) is 0 Å². The van der Waals surface area contributed by atoms with E-state index in [2.05, 4.69) is 6.92 Å². The van der Waals surface area contributed by atoms with Crippen molar-refractivity contribution in [3.63, 3.8) is 0 Å². The number of carbonyl (C=O) groups excluding carboxylic acids is 1. The fraction of sp³-hybridized carbons (Fsp3) is 0.950. The summed E-state index contributed by atoms with van der Waals surface area (Å²) in [4.78, 5) is 12.2. The predicted molar refractivity (Wildman–Crippen MR) is 95.9 cm³/mol. The number of carbonyl (C=O) groups is 1. The standard InChI is InChI=1S/C20H39NO/c1-4-5-6-9-18(13-12-17-10-7-8-11-17)14-15-19(22)20(21)16(2)3/h16-18,20H,4-15,21H2,1-3H3/t18?,20-/m0/s1. The van der Waals surface area contributed by atoms with Crippen LogP contribution in [0.2, 0.25) is 0 Å². The van der Waals surface area contributed by atoms with Gasteiger partial charge >= 0.3 is 0 Å². The van der Waals surface area contributed by atoms with Crippen molar-refractivity contribution in [2.24, 2.45) is 23.5 Å².